The summed E-state index contributed by atoms with van der Waals surface area (Å²) in [5, 5.41) is 2.68. The largest absolute Gasteiger partial charge is 0.368 e. The van der Waals surface area contributed by atoms with Gasteiger partial charge in [0.2, 0.25) is 5.91 Å². The molecule has 0 spiro atoms. The fraction of sp³-hybridized carbons (Fsp3) is 0.562. The van der Waals surface area contributed by atoms with Gasteiger partial charge in [0.15, 0.2) is 0 Å². The van der Waals surface area contributed by atoms with Gasteiger partial charge < -0.3 is 11.1 Å². The predicted octanol–water partition coefficient (Wildman–Crippen LogP) is 2.42. The van der Waals surface area contributed by atoms with Crippen molar-refractivity contribution in [2.45, 2.75) is 57.9 Å². The molecule has 2 amide bonds. The van der Waals surface area contributed by atoms with Crippen LogP contribution < -0.4 is 11.1 Å². The molecular formula is C16H25N3O2. The van der Waals surface area contributed by atoms with Gasteiger partial charge in [-0.25, -0.2) is 0 Å². The molecule has 5 nitrogen and oxygen atoms in total. The van der Waals surface area contributed by atoms with Gasteiger partial charge in [-0.3, -0.25) is 14.6 Å². The standard InChI is InChI=1S/C16H25N3O2/c1-2-3-4-5-6-7-10-14(15(17)20)19-16(21)13-9-8-11-18-12-13/h8-9,11-12,14H,2-7,10H2,1H3,(H2,17,20)(H,19,21)/t14-/m0/s1. The van der Waals surface area contributed by atoms with Gasteiger partial charge in [-0.1, -0.05) is 45.4 Å². The number of carbonyl (C=O) groups excluding carboxylic acids is 2. The molecule has 0 aliphatic heterocycles. The highest BCUT2D eigenvalue weighted by Gasteiger charge is 2.18. The summed E-state index contributed by atoms with van der Waals surface area (Å²) < 4.78 is 0. The van der Waals surface area contributed by atoms with Crippen molar-refractivity contribution in [1.29, 1.82) is 0 Å². The molecule has 1 atom stereocenters. The Morgan fingerprint density at radius 1 is 1.24 bits per heavy atom. The second-order valence-electron chi connectivity index (χ2n) is 5.23. The molecule has 0 aliphatic carbocycles. The molecule has 21 heavy (non-hydrogen) atoms. The van der Waals surface area contributed by atoms with Crippen LogP contribution in [0.25, 0.3) is 0 Å². The Labute approximate surface area is 126 Å². The Morgan fingerprint density at radius 2 is 1.95 bits per heavy atom. The molecule has 0 aliphatic rings. The Hall–Kier alpha value is -1.91. The van der Waals surface area contributed by atoms with Crippen LogP contribution in [0.4, 0.5) is 0 Å². The number of carbonyl (C=O) groups is 2. The highest BCUT2D eigenvalue weighted by atomic mass is 16.2. The van der Waals surface area contributed by atoms with Crippen LogP contribution in [0.2, 0.25) is 0 Å². The summed E-state index contributed by atoms with van der Waals surface area (Å²) in [7, 11) is 0. The van der Waals surface area contributed by atoms with Crippen molar-refractivity contribution in [3.05, 3.63) is 30.1 Å². The van der Waals surface area contributed by atoms with Crippen LogP contribution >= 0.6 is 0 Å². The fourth-order valence-corrected chi connectivity index (χ4v) is 2.15. The average molecular weight is 291 g/mol. The van der Waals surface area contributed by atoms with Crippen molar-refractivity contribution in [2.75, 3.05) is 0 Å². The molecule has 3 N–H and O–H groups in total. The zero-order valence-corrected chi connectivity index (χ0v) is 12.7. The van der Waals surface area contributed by atoms with E-state index in [1.807, 2.05) is 0 Å². The Bertz CT molecular complexity index is 434. The number of primary amides is 1. The average Bonchev–Trinajstić information content (AvgIpc) is 2.50. The maximum absolute atomic E-state index is 12.0. The molecule has 1 aromatic rings. The van der Waals surface area contributed by atoms with Crippen molar-refractivity contribution in [3.8, 4) is 0 Å². The number of nitrogens with one attached hydrogen (secondary N) is 1. The van der Waals surface area contributed by atoms with E-state index in [0.29, 0.717) is 12.0 Å². The number of nitrogens with zero attached hydrogens (tertiary/aromatic N) is 1. The Kier molecular flexibility index (Phi) is 8.09. The summed E-state index contributed by atoms with van der Waals surface area (Å²) in [6.07, 6.45) is 10.5. The summed E-state index contributed by atoms with van der Waals surface area (Å²) >= 11 is 0. The minimum Gasteiger partial charge on any atom is -0.368 e. The van der Waals surface area contributed by atoms with Crippen molar-refractivity contribution < 1.29 is 9.59 Å². The van der Waals surface area contributed by atoms with E-state index in [2.05, 4.69) is 17.2 Å². The van der Waals surface area contributed by atoms with E-state index in [0.717, 1.165) is 19.3 Å². The molecular weight excluding hydrogens is 266 g/mol. The molecule has 0 unspecified atom stereocenters. The number of amides is 2. The molecule has 0 aromatic carbocycles. The topological polar surface area (TPSA) is 85.1 Å². The maximum atomic E-state index is 12.0. The lowest BCUT2D eigenvalue weighted by Crippen LogP contribution is -2.44. The Balaban J connectivity index is 2.36. The monoisotopic (exact) mass is 291 g/mol. The minimum atomic E-state index is -0.608. The van der Waals surface area contributed by atoms with E-state index in [-0.39, 0.29) is 5.91 Å². The van der Waals surface area contributed by atoms with Gasteiger partial charge in [-0.2, -0.15) is 0 Å². The molecule has 0 saturated carbocycles. The summed E-state index contributed by atoms with van der Waals surface area (Å²) in [5.41, 5.74) is 5.79. The van der Waals surface area contributed by atoms with Crippen molar-refractivity contribution in [3.63, 3.8) is 0 Å². The molecule has 0 bridgehead atoms. The Morgan fingerprint density at radius 3 is 2.57 bits per heavy atom. The van der Waals surface area contributed by atoms with Crippen LogP contribution in [-0.4, -0.2) is 22.8 Å². The predicted molar refractivity (Wildman–Crippen MR) is 82.7 cm³/mol. The van der Waals surface area contributed by atoms with Gasteiger partial charge in [0.1, 0.15) is 6.04 Å². The van der Waals surface area contributed by atoms with Gasteiger partial charge in [-0.15, -0.1) is 0 Å². The minimum absolute atomic E-state index is 0.308. The first-order valence-electron chi connectivity index (χ1n) is 7.65. The normalized spacial score (nSPS) is 11.9. The number of pyridine rings is 1. The number of aromatic nitrogens is 1. The SMILES string of the molecule is CCCCCCCC[C@H](NC(=O)c1cccnc1)C(N)=O. The van der Waals surface area contributed by atoms with E-state index < -0.39 is 11.9 Å². The third-order valence-corrected chi connectivity index (χ3v) is 3.42. The number of rotatable bonds is 10. The zero-order valence-electron chi connectivity index (χ0n) is 12.7. The number of hydrogen-bond donors (Lipinski definition) is 2. The van der Waals surface area contributed by atoms with Crippen LogP contribution in [0.5, 0.6) is 0 Å². The first-order chi connectivity index (χ1) is 10.1. The van der Waals surface area contributed by atoms with E-state index in [9.17, 15) is 9.59 Å². The maximum Gasteiger partial charge on any atom is 0.253 e. The van der Waals surface area contributed by atoms with Crippen molar-refractivity contribution >= 4 is 11.8 Å². The molecule has 1 heterocycles. The highest BCUT2D eigenvalue weighted by molar-refractivity contribution is 5.96. The second kappa shape index (κ2) is 9.91. The van der Waals surface area contributed by atoms with Crippen molar-refractivity contribution in [1.82, 2.24) is 10.3 Å². The first kappa shape index (κ1) is 17.1. The second-order valence-corrected chi connectivity index (χ2v) is 5.23. The van der Waals surface area contributed by atoms with E-state index in [1.54, 1.807) is 18.3 Å². The van der Waals surface area contributed by atoms with Gasteiger partial charge in [0.25, 0.3) is 5.91 Å². The van der Waals surface area contributed by atoms with Crippen LogP contribution in [0, 0.1) is 0 Å². The lowest BCUT2D eigenvalue weighted by molar-refractivity contribution is -0.120. The lowest BCUT2D eigenvalue weighted by atomic mass is 10.0. The molecule has 1 aromatic heterocycles. The van der Waals surface area contributed by atoms with Gasteiger partial charge in [0, 0.05) is 12.4 Å². The zero-order chi connectivity index (χ0) is 15.5. The molecule has 0 radical (unpaired) electrons. The van der Waals surface area contributed by atoms with E-state index in [4.69, 9.17) is 5.73 Å². The van der Waals surface area contributed by atoms with E-state index >= 15 is 0 Å². The van der Waals surface area contributed by atoms with Gasteiger partial charge in [-0.05, 0) is 18.6 Å². The van der Waals surface area contributed by atoms with Crippen LogP contribution in [0.1, 0.15) is 62.2 Å². The van der Waals surface area contributed by atoms with Crippen LogP contribution in [-0.2, 0) is 4.79 Å². The highest BCUT2D eigenvalue weighted by Crippen LogP contribution is 2.09. The first-order valence-corrected chi connectivity index (χ1v) is 7.65. The van der Waals surface area contributed by atoms with E-state index in [1.165, 1.54) is 25.5 Å². The van der Waals surface area contributed by atoms with Gasteiger partial charge in [0.05, 0.1) is 5.56 Å². The number of nitrogens with two attached hydrogens (primary N) is 1. The quantitative estimate of drug-likeness (QED) is 0.649. The smallest absolute Gasteiger partial charge is 0.253 e. The third kappa shape index (κ3) is 6.88. The molecule has 5 heteroatoms. The third-order valence-electron chi connectivity index (χ3n) is 3.42. The summed E-state index contributed by atoms with van der Waals surface area (Å²) in [6, 6.07) is 2.73. The summed E-state index contributed by atoms with van der Waals surface area (Å²) in [4.78, 5) is 27.3. The number of unbranched alkanes of at least 4 members (excludes halogenated alkanes) is 5. The molecule has 0 saturated heterocycles. The van der Waals surface area contributed by atoms with Crippen molar-refractivity contribution in [2.24, 2.45) is 5.73 Å². The molecule has 116 valence electrons. The van der Waals surface area contributed by atoms with Gasteiger partial charge >= 0.3 is 0 Å². The molecule has 1 rings (SSSR count). The fourth-order valence-electron chi connectivity index (χ4n) is 2.15. The molecule has 0 fully saturated rings. The van der Waals surface area contributed by atoms with Crippen LogP contribution in [0.3, 0.4) is 0 Å². The number of hydrogen-bond acceptors (Lipinski definition) is 3. The summed E-state index contributed by atoms with van der Waals surface area (Å²) in [5.74, 6) is -0.793. The lowest BCUT2D eigenvalue weighted by Gasteiger charge is -2.15. The van der Waals surface area contributed by atoms with Crippen LogP contribution in [0.15, 0.2) is 24.5 Å². The summed E-state index contributed by atoms with van der Waals surface area (Å²) in [6.45, 7) is 2.18.